The van der Waals surface area contributed by atoms with Gasteiger partial charge in [-0.15, -0.1) is 0 Å². The maximum Gasteiger partial charge on any atom is 0.408 e. The Labute approximate surface area is 195 Å². The lowest BCUT2D eigenvalue weighted by Crippen LogP contribution is -2.53. The highest BCUT2D eigenvalue weighted by atomic mass is 16.6. The molecule has 180 valence electrons. The van der Waals surface area contributed by atoms with Gasteiger partial charge in [-0.05, 0) is 58.2 Å². The van der Waals surface area contributed by atoms with Crippen molar-refractivity contribution in [2.45, 2.75) is 83.5 Å². The zero-order valence-corrected chi connectivity index (χ0v) is 19.8. The molecule has 1 aliphatic rings. The number of nitriles is 1. The summed E-state index contributed by atoms with van der Waals surface area (Å²) in [6, 6.07) is 5.79. The Hall–Kier alpha value is -3.28. The molecular weight excluding hydrogens is 424 g/mol. The molecule has 0 heterocycles. The lowest BCUT2D eigenvalue weighted by Gasteiger charge is -2.33. The molecule has 0 radical (unpaired) electrons. The number of carbonyl (C=O) groups excluding carboxylic acids is 3. The van der Waals surface area contributed by atoms with Gasteiger partial charge in [0.05, 0.1) is 6.07 Å². The van der Waals surface area contributed by atoms with Gasteiger partial charge < -0.3 is 25.4 Å². The molecule has 2 atom stereocenters. The third-order valence-corrected chi connectivity index (χ3v) is 5.33. The predicted molar refractivity (Wildman–Crippen MR) is 122 cm³/mol. The van der Waals surface area contributed by atoms with Gasteiger partial charge in [0.15, 0.2) is 0 Å². The smallest absolute Gasteiger partial charge is 0.408 e. The summed E-state index contributed by atoms with van der Waals surface area (Å²) < 4.78 is 5.21. The lowest BCUT2D eigenvalue weighted by molar-refractivity contribution is -0.141. The van der Waals surface area contributed by atoms with Crippen LogP contribution in [0.1, 0.15) is 71.4 Å². The fourth-order valence-corrected chi connectivity index (χ4v) is 3.86. The van der Waals surface area contributed by atoms with E-state index in [9.17, 15) is 24.8 Å². The summed E-state index contributed by atoms with van der Waals surface area (Å²) in [5.74, 6) is -1.11. The minimum Gasteiger partial charge on any atom is -0.508 e. The zero-order valence-electron chi connectivity index (χ0n) is 19.8. The zero-order chi connectivity index (χ0) is 24.6. The monoisotopic (exact) mass is 458 g/mol. The van der Waals surface area contributed by atoms with Crippen molar-refractivity contribution in [2.24, 2.45) is 0 Å². The number of phenolic OH excluding ortho intramolecular Hbond substituents is 1. The summed E-state index contributed by atoms with van der Waals surface area (Å²) in [7, 11) is 0. The van der Waals surface area contributed by atoms with Crippen LogP contribution in [-0.4, -0.2) is 52.1 Å². The van der Waals surface area contributed by atoms with Gasteiger partial charge in [-0.2, -0.15) is 5.26 Å². The second kappa shape index (κ2) is 11.5. The normalized spacial score (nSPS) is 16.1. The first-order chi connectivity index (χ1) is 15.5. The van der Waals surface area contributed by atoms with Gasteiger partial charge in [0.1, 0.15) is 30.0 Å². The van der Waals surface area contributed by atoms with Gasteiger partial charge in [0, 0.05) is 6.04 Å². The predicted octanol–water partition coefficient (Wildman–Crippen LogP) is 3.15. The average molecular weight is 459 g/mol. The molecule has 1 aromatic carbocycles. The van der Waals surface area contributed by atoms with E-state index in [1.807, 2.05) is 6.07 Å². The van der Waals surface area contributed by atoms with Crippen molar-refractivity contribution < 1.29 is 24.2 Å². The van der Waals surface area contributed by atoms with Crippen LogP contribution < -0.4 is 10.6 Å². The topological polar surface area (TPSA) is 132 Å². The van der Waals surface area contributed by atoms with E-state index in [4.69, 9.17) is 4.74 Å². The number of ether oxygens (including phenoxy) is 1. The summed E-state index contributed by atoms with van der Waals surface area (Å²) in [5.41, 5.74) is -0.375. The van der Waals surface area contributed by atoms with Crippen molar-refractivity contribution in [3.63, 3.8) is 0 Å². The van der Waals surface area contributed by atoms with Crippen molar-refractivity contribution >= 4 is 17.9 Å². The molecule has 2 unspecified atom stereocenters. The number of hydrogen-bond acceptors (Lipinski definition) is 6. The van der Waals surface area contributed by atoms with Crippen molar-refractivity contribution in [1.29, 1.82) is 5.26 Å². The third kappa shape index (κ3) is 7.97. The quantitative estimate of drug-likeness (QED) is 0.538. The Morgan fingerprint density at radius 2 is 1.91 bits per heavy atom. The SMILES string of the molecule is CC(NC(=O)OC(C)(C)C)C(=O)N(CC#N)C(C(=O)NC1CCCCC1)c1cccc(O)c1. The third-order valence-electron chi connectivity index (χ3n) is 5.33. The molecule has 0 aromatic heterocycles. The highest BCUT2D eigenvalue weighted by Gasteiger charge is 2.35. The molecule has 1 fully saturated rings. The van der Waals surface area contributed by atoms with Crippen LogP contribution in [0, 0.1) is 11.3 Å². The van der Waals surface area contributed by atoms with Gasteiger partial charge in [0.2, 0.25) is 11.8 Å². The molecule has 2 rings (SSSR count). The highest BCUT2D eigenvalue weighted by Crippen LogP contribution is 2.26. The number of benzene rings is 1. The van der Waals surface area contributed by atoms with E-state index in [1.54, 1.807) is 32.9 Å². The number of rotatable bonds is 7. The van der Waals surface area contributed by atoms with Crippen LogP contribution in [0.2, 0.25) is 0 Å². The van der Waals surface area contributed by atoms with E-state index in [-0.39, 0.29) is 18.3 Å². The first-order valence-electron chi connectivity index (χ1n) is 11.3. The summed E-state index contributed by atoms with van der Waals surface area (Å²) in [6.07, 6.45) is 4.07. The van der Waals surface area contributed by atoms with E-state index in [0.29, 0.717) is 5.56 Å². The maximum atomic E-state index is 13.4. The van der Waals surface area contributed by atoms with Crippen LogP contribution in [0.3, 0.4) is 0 Å². The van der Waals surface area contributed by atoms with Crippen LogP contribution in [0.4, 0.5) is 4.79 Å². The second-order valence-electron chi connectivity index (χ2n) is 9.33. The van der Waals surface area contributed by atoms with Crippen molar-refractivity contribution in [3.8, 4) is 11.8 Å². The number of carbonyl (C=O) groups is 3. The second-order valence-corrected chi connectivity index (χ2v) is 9.33. The van der Waals surface area contributed by atoms with Gasteiger partial charge >= 0.3 is 6.09 Å². The molecule has 0 saturated heterocycles. The van der Waals surface area contributed by atoms with E-state index < -0.39 is 35.6 Å². The highest BCUT2D eigenvalue weighted by molar-refractivity contribution is 5.92. The largest absolute Gasteiger partial charge is 0.508 e. The standard InChI is InChI=1S/C24H34N4O5/c1-16(26-23(32)33-24(2,3)4)22(31)28(14-13-25)20(17-9-8-12-19(29)15-17)21(30)27-18-10-6-5-7-11-18/h8-9,12,15-16,18,20,29H,5-7,10-11,14H2,1-4H3,(H,26,32)(H,27,30). The molecule has 1 saturated carbocycles. The molecule has 0 spiro atoms. The molecule has 0 bridgehead atoms. The summed E-state index contributed by atoms with van der Waals surface area (Å²) in [4.78, 5) is 39.9. The van der Waals surface area contributed by atoms with Gasteiger partial charge in [-0.1, -0.05) is 31.4 Å². The molecular formula is C24H34N4O5. The fraction of sp³-hybridized carbons (Fsp3) is 0.583. The number of nitrogens with one attached hydrogen (secondary N) is 2. The summed E-state index contributed by atoms with van der Waals surface area (Å²) in [5, 5.41) is 24.9. The number of nitrogens with zero attached hydrogens (tertiary/aromatic N) is 2. The van der Waals surface area contributed by atoms with Crippen LogP contribution in [0.15, 0.2) is 24.3 Å². The van der Waals surface area contributed by atoms with E-state index in [1.165, 1.54) is 19.1 Å². The van der Waals surface area contributed by atoms with E-state index in [0.717, 1.165) is 37.0 Å². The molecule has 3 N–H and O–H groups in total. The summed E-state index contributed by atoms with van der Waals surface area (Å²) >= 11 is 0. The van der Waals surface area contributed by atoms with Crippen LogP contribution in [-0.2, 0) is 14.3 Å². The number of amides is 3. The number of aromatic hydroxyl groups is 1. The van der Waals surface area contributed by atoms with E-state index in [2.05, 4.69) is 10.6 Å². The number of hydrogen-bond donors (Lipinski definition) is 3. The molecule has 33 heavy (non-hydrogen) atoms. The van der Waals surface area contributed by atoms with Gasteiger partial charge in [-0.3, -0.25) is 9.59 Å². The van der Waals surface area contributed by atoms with E-state index >= 15 is 0 Å². The fourth-order valence-electron chi connectivity index (χ4n) is 3.86. The Morgan fingerprint density at radius 3 is 2.48 bits per heavy atom. The molecule has 1 aliphatic carbocycles. The van der Waals surface area contributed by atoms with Gasteiger partial charge in [0.25, 0.3) is 0 Å². The van der Waals surface area contributed by atoms with Crippen molar-refractivity contribution in [1.82, 2.24) is 15.5 Å². The molecule has 9 heteroatoms. The Balaban J connectivity index is 2.31. The number of alkyl carbamates (subject to hydrolysis) is 1. The minimum atomic E-state index is -1.14. The average Bonchev–Trinajstić information content (AvgIpc) is 2.72. The Bertz CT molecular complexity index is 884. The maximum absolute atomic E-state index is 13.4. The molecule has 0 aliphatic heterocycles. The molecule has 9 nitrogen and oxygen atoms in total. The Morgan fingerprint density at radius 1 is 1.24 bits per heavy atom. The lowest BCUT2D eigenvalue weighted by atomic mass is 9.94. The number of phenols is 1. The Kier molecular flexibility index (Phi) is 9.09. The van der Waals surface area contributed by atoms with Crippen molar-refractivity contribution in [3.05, 3.63) is 29.8 Å². The van der Waals surface area contributed by atoms with Crippen molar-refractivity contribution in [2.75, 3.05) is 6.54 Å². The molecule has 3 amide bonds. The molecule has 1 aromatic rings. The van der Waals surface area contributed by atoms with Crippen LogP contribution >= 0.6 is 0 Å². The first kappa shape index (κ1) is 26.0. The van der Waals surface area contributed by atoms with Crippen LogP contribution in [0.5, 0.6) is 5.75 Å². The minimum absolute atomic E-state index is 0.0117. The first-order valence-corrected chi connectivity index (χ1v) is 11.3. The summed E-state index contributed by atoms with van der Waals surface area (Å²) in [6.45, 7) is 6.20. The van der Waals surface area contributed by atoms with Gasteiger partial charge in [-0.25, -0.2) is 4.79 Å². The van der Waals surface area contributed by atoms with Crippen LogP contribution in [0.25, 0.3) is 0 Å².